The lowest BCUT2D eigenvalue weighted by Crippen LogP contribution is -2.25. The lowest BCUT2D eigenvalue weighted by atomic mass is 10.0. The first-order valence-corrected chi connectivity index (χ1v) is 13.9. The molecule has 0 amide bonds. The van der Waals surface area contributed by atoms with Crippen molar-refractivity contribution in [3.63, 3.8) is 0 Å². The van der Waals surface area contributed by atoms with Crippen molar-refractivity contribution in [2.45, 2.75) is 6.42 Å². The van der Waals surface area contributed by atoms with Gasteiger partial charge in [-0.2, -0.15) is 0 Å². The molecule has 0 saturated carbocycles. The standard InChI is InChI=1S/C35H28N4O/c1-36-20-38(30-16-14-26-25-11-4-3-8-22(25)18-29(26)33(30)36)23-9-7-10-24(19-23)39-21-37(2)34-31(39)17-15-28-27-12-5-6-13-32(27)40-35(28)34/h3-17,19H,18,20-21H2,1-2H3. The highest BCUT2D eigenvalue weighted by Gasteiger charge is 2.33. The summed E-state index contributed by atoms with van der Waals surface area (Å²) in [6.45, 7) is 1.61. The van der Waals surface area contributed by atoms with E-state index in [1.165, 1.54) is 61.5 Å². The van der Waals surface area contributed by atoms with Crippen LogP contribution in [0.3, 0.4) is 0 Å². The van der Waals surface area contributed by atoms with Crippen molar-refractivity contribution in [2.75, 3.05) is 47.0 Å². The summed E-state index contributed by atoms with van der Waals surface area (Å²) in [5, 5.41) is 2.34. The van der Waals surface area contributed by atoms with Crippen LogP contribution in [-0.2, 0) is 6.42 Å². The Labute approximate surface area is 233 Å². The van der Waals surface area contributed by atoms with Crippen molar-refractivity contribution >= 4 is 56.1 Å². The number of nitrogens with zero attached hydrogens (tertiary/aromatic N) is 4. The molecule has 0 unspecified atom stereocenters. The smallest absolute Gasteiger partial charge is 0.160 e. The summed E-state index contributed by atoms with van der Waals surface area (Å²) in [5.41, 5.74) is 14.9. The fraction of sp³-hybridized carbons (Fsp3) is 0.143. The molecule has 0 spiro atoms. The van der Waals surface area contributed by atoms with E-state index in [0.29, 0.717) is 0 Å². The molecule has 5 aromatic carbocycles. The number of hydrogen-bond acceptors (Lipinski definition) is 5. The van der Waals surface area contributed by atoms with Gasteiger partial charge in [-0.3, -0.25) is 0 Å². The highest BCUT2D eigenvalue weighted by molar-refractivity contribution is 6.12. The summed E-state index contributed by atoms with van der Waals surface area (Å²) in [6, 6.07) is 35.2. The first-order chi connectivity index (χ1) is 19.7. The number of furan rings is 1. The van der Waals surface area contributed by atoms with Gasteiger partial charge in [0.2, 0.25) is 0 Å². The van der Waals surface area contributed by atoms with E-state index < -0.39 is 0 Å². The van der Waals surface area contributed by atoms with E-state index in [1.807, 2.05) is 6.07 Å². The highest BCUT2D eigenvalue weighted by atomic mass is 16.3. The minimum absolute atomic E-state index is 0.775. The summed E-state index contributed by atoms with van der Waals surface area (Å²) < 4.78 is 6.38. The Morgan fingerprint density at radius 3 is 2.15 bits per heavy atom. The van der Waals surface area contributed by atoms with Gasteiger partial charge in [-0.15, -0.1) is 0 Å². The molecule has 6 aromatic rings. The molecule has 1 aromatic heterocycles. The number of rotatable bonds is 2. The molecule has 0 bridgehead atoms. The SMILES string of the molecule is CN1CN(c2cccc(N3CN(C)c4c3ccc3c4oc4ccccc43)c2)c2ccc3c(c21)Cc1ccccc1-3. The lowest BCUT2D eigenvalue weighted by molar-refractivity contribution is 0.668. The van der Waals surface area contributed by atoms with Crippen molar-refractivity contribution in [3.05, 3.63) is 108 Å². The van der Waals surface area contributed by atoms with Crippen molar-refractivity contribution in [3.8, 4) is 11.1 Å². The molecule has 194 valence electrons. The maximum absolute atomic E-state index is 6.38. The molecule has 5 nitrogen and oxygen atoms in total. The third-order valence-corrected chi connectivity index (χ3v) is 8.94. The molecule has 0 fully saturated rings. The number of fused-ring (bicyclic) bond motifs is 10. The zero-order chi connectivity index (χ0) is 26.5. The van der Waals surface area contributed by atoms with Crippen LogP contribution in [0.2, 0.25) is 0 Å². The van der Waals surface area contributed by atoms with E-state index in [9.17, 15) is 0 Å². The predicted octanol–water partition coefficient (Wildman–Crippen LogP) is 8.25. The van der Waals surface area contributed by atoms with E-state index in [1.54, 1.807) is 0 Å². The molecular formula is C35H28N4O. The number of hydrogen-bond donors (Lipinski definition) is 0. The van der Waals surface area contributed by atoms with Gasteiger partial charge in [-0.25, -0.2) is 0 Å². The molecule has 5 heteroatoms. The van der Waals surface area contributed by atoms with Gasteiger partial charge in [-0.1, -0.05) is 54.6 Å². The second-order valence-corrected chi connectivity index (χ2v) is 11.3. The van der Waals surface area contributed by atoms with Crippen LogP contribution < -0.4 is 19.6 Å². The Morgan fingerprint density at radius 2 is 1.30 bits per heavy atom. The normalized spacial score (nSPS) is 15.2. The van der Waals surface area contributed by atoms with Crippen LogP contribution in [0.15, 0.2) is 101 Å². The van der Waals surface area contributed by atoms with Crippen molar-refractivity contribution in [2.24, 2.45) is 0 Å². The average molecular weight is 521 g/mol. The van der Waals surface area contributed by atoms with Gasteiger partial charge in [0.05, 0.1) is 30.4 Å². The van der Waals surface area contributed by atoms with Gasteiger partial charge < -0.3 is 24.0 Å². The average Bonchev–Trinajstić information content (AvgIpc) is 3.73. The second kappa shape index (κ2) is 7.82. The summed E-state index contributed by atoms with van der Waals surface area (Å²) in [4.78, 5) is 9.55. The zero-order valence-electron chi connectivity index (χ0n) is 22.6. The number of para-hydroxylation sites is 1. The van der Waals surface area contributed by atoms with Gasteiger partial charge in [0, 0.05) is 42.7 Å². The fourth-order valence-electron chi connectivity index (χ4n) is 7.17. The summed E-state index contributed by atoms with van der Waals surface area (Å²) in [5.74, 6) is 0. The van der Waals surface area contributed by atoms with Crippen LogP contribution in [0, 0.1) is 0 Å². The summed E-state index contributed by atoms with van der Waals surface area (Å²) >= 11 is 0. The van der Waals surface area contributed by atoms with Crippen molar-refractivity contribution < 1.29 is 4.42 Å². The molecule has 9 rings (SSSR count). The van der Waals surface area contributed by atoms with Gasteiger partial charge in [0.1, 0.15) is 11.3 Å². The van der Waals surface area contributed by atoms with Gasteiger partial charge >= 0.3 is 0 Å². The largest absolute Gasteiger partial charge is 0.454 e. The van der Waals surface area contributed by atoms with Gasteiger partial charge in [0.15, 0.2) is 5.58 Å². The van der Waals surface area contributed by atoms with E-state index >= 15 is 0 Å². The van der Waals surface area contributed by atoms with Crippen LogP contribution in [0.25, 0.3) is 33.1 Å². The Kier molecular flexibility index (Phi) is 4.30. The summed E-state index contributed by atoms with van der Waals surface area (Å²) in [6.07, 6.45) is 1.00. The molecular weight excluding hydrogens is 492 g/mol. The molecule has 2 aliphatic heterocycles. The Morgan fingerprint density at radius 1 is 0.600 bits per heavy atom. The third-order valence-electron chi connectivity index (χ3n) is 8.94. The van der Waals surface area contributed by atoms with Crippen LogP contribution in [0.5, 0.6) is 0 Å². The quantitative estimate of drug-likeness (QED) is 0.229. The minimum atomic E-state index is 0.775. The monoisotopic (exact) mass is 520 g/mol. The molecule has 1 aliphatic carbocycles. The molecule has 3 aliphatic rings. The van der Waals surface area contributed by atoms with Gasteiger partial charge in [-0.05, 0) is 64.7 Å². The molecule has 0 radical (unpaired) electrons. The second-order valence-electron chi connectivity index (χ2n) is 11.3. The highest BCUT2D eigenvalue weighted by Crippen LogP contribution is 2.51. The minimum Gasteiger partial charge on any atom is -0.454 e. The van der Waals surface area contributed by atoms with E-state index in [4.69, 9.17) is 4.42 Å². The maximum Gasteiger partial charge on any atom is 0.160 e. The Bertz CT molecular complexity index is 2010. The van der Waals surface area contributed by atoms with Crippen LogP contribution >= 0.6 is 0 Å². The topological polar surface area (TPSA) is 26.1 Å². The fourth-order valence-corrected chi connectivity index (χ4v) is 7.17. The van der Waals surface area contributed by atoms with E-state index in [0.717, 1.165) is 36.6 Å². The lowest BCUT2D eigenvalue weighted by Gasteiger charge is -2.24. The predicted molar refractivity (Wildman–Crippen MR) is 166 cm³/mol. The molecule has 40 heavy (non-hydrogen) atoms. The Hall–Kier alpha value is -4.90. The third kappa shape index (κ3) is 2.87. The maximum atomic E-state index is 6.38. The van der Waals surface area contributed by atoms with Crippen LogP contribution in [-0.4, -0.2) is 27.4 Å². The first kappa shape index (κ1) is 22.0. The first-order valence-electron chi connectivity index (χ1n) is 13.9. The molecule has 0 saturated heterocycles. The summed E-state index contributed by atoms with van der Waals surface area (Å²) in [7, 11) is 4.37. The Balaban J connectivity index is 1.12. The van der Waals surface area contributed by atoms with E-state index in [-0.39, 0.29) is 0 Å². The molecule has 0 N–H and O–H groups in total. The molecule has 0 atom stereocenters. The number of benzene rings is 5. The van der Waals surface area contributed by atoms with Gasteiger partial charge in [0.25, 0.3) is 0 Å². The molecule has 3 heterocycles. The zero-order valence-corrected chi connectivity index (χ0v) is 22.6. The van der Waals surface area contributed by atoms with Crippen LogP contribution in [0.4, 0.5) is 34.1 Å². The van der Waals surface area contributed by atoms with E-state index in [2.05, 4.69) is 125 Å². The van der Waals surface area contributed by atoms with Crippen LogP contribution in [0.1, 0.15) is 11.1 Å². The van der Waals surface area contributed by atoms with Crippen molar-refractivity contribution in [1.29, 1.82) is 0 Å². The van der Waals surface area contributed by atoms with Crippen molar-refractivity contribution in [1.82, 2.24) is 0 Å². The number of anilines is 6.